The van der Waals surface area contributed by atoms with Crippen molar-refractivity contribution < 1.29 is 14.8 Å². The van der Waals surface area contributed by atoms with Crippen molar-refractivity contribution in [2.75, 3.05) is 0 Å². The molecule has 0 aromatic carbocycles. The van der Waals surface area contributed by atoms with E-state index in [1.165, 1.54) is 0 Å². The van der Waals surface area contributed by atoms with E-state index in [1.54, 1.807) is 13.8 Å². The van der Waals surface area contributed by atoms with Gasteiger partial charge in [-0.1, -0.05) is 13.8 Å². The van der Waals surface area contributed by atoms with Crippen molar-refractivity contribution in [3.05, 3.63) is 10.1 Å². The molecular weight excluding hydrogens is 222 g/mol. The summed E-state index contributed by atoms with van der Waals surface area (Å²) in [5.41, 5.74) is -2.13. The lowest BCUT2D eigenvalue weighted by molar-refractivity contribution is -0.573. The van der Waals surface area contributed by atoms with Gasteiger partial charge in [-0.2, -0.15) is 0 Å². The van der Waals surface area contributed by atoms with Gasteiger partial charge in [-0.25, -0.2) is 0 Å². The Kier molecular flexibility index (Phi) is 3.91. The predicted octanol–water partition coefficient (Wildman–Crippen LogP) is 1.94. The van der Waals surface area contributed by atoms with Crippen molar-refractivity contribution in [3.8, 4) is 0 Å². The minimum absolute atomic E-state index is 0.0675. The molecule has 0 amide bonds. The van der Waals surface area contributed by atoms with E-state index in [0.29, 0.717) is 25.7 Å². The summed E-state index contributed by atoms with van der Waals surface area (Å²) in [6.45, 7) is 5.12. The van der Waals surface area contributed by atoms with Gasteiger partial charge in [0.2, 0.25) is 5.54 Å². The lowest BCUT2D eigenvalue weighted by Gasteiger charge is -2.42. The molecule has 17 heavy (non-hydrogen) atoms. The number of aliphatic hydroxyl groups is 1. The molecule has 0 radical (unpaired) electrons. The minimum atomic E-state index is -1.07. The van der Waals surface area contributed by atoms with Crippen molar-refractivity contribution >= 4 is 5.78 Å². The van der Waals surface area contributed by atoms with E-state index >= 15 is 0 Å². The van der Waals surface area contributed by atoms with Crippen LogP contribution in [0.3, 0.4) is 0 Å². The average Bonchev–Trinajstić information content (AvgIpc) is 2.31. The highest BCUT2D eigenvalue weighted by Crippen LogP contribution is 2.43. The molecule has 0 spiro atoms. The summed E-state index contributed by atoms with van der Waals surface area (Å²) >= 11 is 0. The van der Waals surface area contributed by atoms with Crippen LogP contribution in [0.15, 0.2) is 0 Å². The molecule has 0 aromatic rings. The van der Waals surface area contributed by atoms with Crippen LogP contribution in [0.2, 0.25) is 0 Å². The van der Waals surface area contributed by atoms with Gasteiger partial charge in [0.05, 0.1) is 11.5 Å². The van der Waals surface area contributed by atoms with E-state index in [0.717, 1.165) is 0 Å². The Morgan fingerprint density at radius 3 is 2.47 bits per heavy atom. The highest BCUT2D eigenvalue weighted by molar-refractivity contribution is 5.82. The molecule has 1 fully saturated rings. The summed E-state index contributed by atoms with van der Waals surface area (Å²) in [6, 6.07) is 0. The lowest BCUT2D eigenvalue weighted by atomic mass is 9.65. The quantitative estimate of drug-likeness (QED) is 0.604. The first-order chi connectivity index (χ1) is 7.79. The van der Waals surface area contributed by atoms with Gasteiger partial charge in [0.1, 0.15) is 5.78 Å². The summed E-state index contributed by atoms with van der Waals surface area (Å²) in [4.78, 5) is 22.6. The number of rotatable bonds is 4. The van der Waals surface area contributed by atoms with E-state index in [9.17, 15) is 20.0 Å². The fourth-order valence-corrected chi connectivity index (χ4v) is 2.64. The molecule has 1 saturated carbocycles. The number of hydrogen-bond donors (Lipinski definition) is 1. The third-order valence-corrected chi connectivity index (χ3v) is 4.18. The monoisotopic (exact) mass is 243 g/mol. The van der Waals surface area contributed by atoms with Gasteiger partial charge in [-0.3, -0.25) is 14.9 Å². The fourth-order valence-electron chi connectivity index (χ4n) is 2.64. The maximum absolute atomic E-state index is 11.9. The molecule has 5 nitrogen and oxygen atoms in total. The highest BCUT2D eigenvalue weighted by Gasteiger charge is 2.53. The SMILES string of the molecule is CCC(=O)C1CC(C)([N+](=O)[O-])CCC1(O)CC. The molecule has 5 heteroatoms. The third kappa shape index (κ3) is 2.49. The first-order valence-corrected chi connectivity index (χ1v) is 6.18. The maximum Gasteiger partial charge on any atom is 0.220 e. The number of hydrogen-bond acceptors (Lipinski definition) is 4. The van der Waals surface area contributed by atoms with Gasteiger partial charge >= 0.3 is 0 Å². The summed E-state index contributed by atoms with van der Waals surface area (Å²) in [6.07, 6.45) is 1.60. The van der Waals surface area contributed by atoms with Crippen LogP contribution < -0.4 is 0 Å². The number of carbonyl (C=O) groups excluding carboxylic acids is 1. The Bertz CT molecular complexity index is 330. The summed E-state index contributed by atoms with van der Waals surface area (Å²) in [5, 5.41) is 21.5. The Morgan fingerprint density at radius 2 is 2.06 bits per heavy atom. The molecule has 1 N–H and O–H groups in total. The van der Waals surface area contributed by atoms with Crippen LogP contribution in [0.5, 0.6) is 0 Å². The standard InChI is InChI=1S/C12H21NO4/c1-4-10(14)9-8-11(3,13(16)17)6-7-12(9,15)5-2/h9,15H,4-8H2,1-3H3. The zero-order valence-electron chi connectivity index (χ0n) is 10.7. The van der Waals surface area contributed by atoms with Crippen molar-refractivity contribution in [2.24, 2.45) is 5.92 Å². The number of nitro groups is 1. The zero-order chi connectivity index (χ0) is 13.3. The van der Waals surface area contributed by atoms with Gasteiger partial charge in [0.25, 0.3) is 0 Å². The maximum atomic E-state index is 11.9. The van der Waals surface area contributed by atoms with Gasteiger partial charge in [0, 0.05) is 31.1 Å². The van der Waals surface area contributed by atoms with E-state index in [4.69, 9.17) is 0 Å². The summed E-state index contributed by atoms with van der Waals surface area (Å²) < 4.78 is 0. The van der Waals surface area contributed by atoms with E-state index < -0.39 is 17.1 Å². The van der Waals surface area contributed by atoms with Crippen molar-refractivity contribution in [1.82, 2.24) is 0 Å². The van der Waals surface area contributed by atoms with Gasteiger partial charge in [-0.15, -0.1) is 0 Å². The van der Waals surface area contributed by atoms with Gasteiger partial charge < -0.3 is 5.11 Å². The molecule has 0 saturated heterocycles. The fraction of sp³-hybridized carbons (Fsp3) is 0.917. The number of nitrogens with zero attached hydrogens (tertiary/aromatic N) is 1. The van der Waals surface area contributed by atoms with Crippen LogP contribution in [0, 0.1) is 16.0 Å². The lowest BCUT2D eigenvalue weighted by Crippen LogP contribution is -2.53. The zero-order valence-corrected chi connectivity index (χ0v) is 10.7. The van der Waals surface area contributed by atoms with Crippen LogP contribution in [-0.4, -0.2) is 27.0 Å². The Labute approximate surface area is 101 Å². The van der Waals surface area contributed by atoms with Crippen LogP contribution in [0.4, 0.5) is 0 Å². The Morgan fingerprint density at radius 1 is 1.47 bits per heavy atom. The van der Waals surface area contributed by atoms with Crippen molar-refractivity contribution in [1.29, 1.82) is 0 Å². The first-order valence-electron chi connectivity index (χ1n) is 6.18. The van der Waals surface area contributed by atoms with E-state index in [2.05, 4.69) is 0 Å². The molecule has 1 rings (SSSR count). The molecule has 0 bridgehead atoms. The third-order valence-electron chi connectivity index (χ3n) is 4.18. The van der Waals surface area contributed by atoms with E-state index in [-0.39, 0.29) is 17.1 Å². The Hall–Kier alpha value is -0.970. The topological polar surface area (TPSA) is 80.4 Å². The molecule has 3 atom stereocenters. The molecular formula is C12H21NO4. The van der Waals surface area contributed by atoms with Crippen LogP contribution >= 0.6 is 0 Å². The second-order valence-corrected chi connectivity index (χ2v) is 5.29. The highest BCUT2D eigenvalue weighted by atomic mass is 16.6. The van der Waals surface area contributed by atoms with Crippen molar-refractivity contribution in [2.45, 2.75) is 64.0 Å². The van der Waals surface area contributed by atoms with Crippen LogP contribution in [-0.2, 0) is 4.79 Å². The van der Waals surface area contributed by atoms with Crippen LogP contribution in [0.25, 0.3) is 0 Å². The molecule has 98 valence electrons. The van der Waals surface area contributed by atoms with Gasteiger partial charge in [0.15, 0.2) is 0 Å². The largest absolute Gasteiger partial charge is 0.389 e. The number of Topliss-reactive ketones (excluding diaryl/α,β-unsaturated/α-hetero) is 1. The molecule has 0 aliphatic heterocycles. The predicted molar refractivity (Wildman–Crippen MR) is 63.3 cm³/mol. The summed E-state index contributed by atoms with van der Waals surface area (Å²) in [7, 11) is 0. The second kappa shape index (κ2) is 4.72. The molecule has 1 aliphatic rings. The summed E-state index contributed by atoms with van der Waals surface area (Å²) in [5.74, 6) is -0.663. The van der Waals surface area contributed by atoms with Crippen LogP contribution in [0.1, 0.15) is 52.9 Å². The Balaban J connectivity index is 3.00. The second-order valence-electron chi connectivity index (χ2n) is 5.29. The normalized spacial score (nSPS) is 37.8. The first kappa shape index (κ1) is 14.1. The van der Waals surface area contributed by atoms with Gasteiger partial charge in [-0.05, 0) is 12.8 Å². The molecule has 0 aromatic heterocycles. The number of carbonyl (C=O) groups is 1. The van der Waals surface area contributed by atoms with Crippen molar-refractivity contribution in [3.63, 3.8) is 0 Å². The molecule has 1 aliphatic carbocycles. The van der Waals surface area contributed by atoms with E-state index in [1.807, 2.05) is 6.92 Å². The number of ketones is 1. The minimum Gasteiger partial charge on any atom is -0.389 e. The molecule has 0 heterocycles. The smallest absolute Gasteiger partial charge is 0.220 e. The average molecular weight is 243 g/mol. The molecule has 3 unspecified atom stereocenters.